The molecule has 2 rings (SSSR count). The smallest absolute Gasteiger partial charge is 0.315 e. The van der Waals surface area contributed by atoms with Gasteiger partial charge in [0.25, 0.3) is 0 Å². The van der Waals surface area contributed by atoms with Gasteiger partial charge in [-0.2, -0.15) is 0 Å². The fourth-order valence-electron chi connectivity index (χ4n) is 2.49. The van der Waals surface area contributed by atoms with Crippen molar-refractivity contribution in [3.05, 3.63) is 65.5 Å². The quantitative estimate of drug-likeness (QED) is 0.678. The number of nitrogens with one attached hydrogen (secondary N) is 2. The highest BCUT2D eigenvalue weighted by atomic mass is 19.1. The Balaban J connectivity index is 2.11. The van der Waals surface area contributed by atoms with Crippen LogP contribution in [-0.2, 0) is 6.42 Å². The van der Waals surface area contributed by atoms with Crippen molar-refractivity contribution >= 4 is 6.03 Å². The molecule has 140 valence electrons. The minimum Gasteiger partial charge on any atom is -0.497 e. The van der Waals surface area contributed by atoms with Gasteiger partial charge in [-0.3, -0.25) is 0 Å². The molecule has 2 atom stereocenters. The molecule has 0 saturated heterocycles. The molecule has 0 spiro atoms. The van der Waals surface area contributed by atoms with Crippen LogP contribution in [-0.4, -0.2) is 31.4 Å². The van der Waals surface area contributed by atoms with Crippen LogP contribution in [0.1, 0.15) is 24.1 Å². The van der Waals surface area contributed by atoms with Gasteiger partial charge in [0.05, 0.1) is 13.2 Å². The van der Waals surface area contributed by atoms with Crippen LogP contribution >= 0.6 is 0 Å². The van der Waals surface area contributed by atoms with E-state index in [0.717, 1.165) is 16.9 Å². The zero-order chi connectivity index (χ0) is 18.9. The Kier molecular flexibility index (Phi) is 7.41. The van der Waals surface area contributed by atoms with E-state index in [1.165, 1.54) is 12.1 Å². The third-order valence-electron chi connectivity index (χ3n) is 4.10. The van der Waals surface area contributed by atoms with Crippen LogP contribution < -0.4 is 15.4 Å². The molecule has 0 aliphatic heterocycles. The van der Waals surface area contributed by atoms with Gasteiger partial charge in [-0.05, 0) is 47.7 Å². The van der Waals surface area contributed by atoms with Crippen LogP contribution in [0, 0.1) is 11.7 Å². The Morgan fingerprint density at radius 1 is 1.15 bits per heavy atom. The van der Waals surface area contributed by atoms with Gasteiger partial charge in [-0.25, -0.2) is 9.18 Å². The van der Waals surface area contributed by atoms with E-state index in [1.54, 1.807) is 19.2 Å². The van der Waals surface area contributed by atoms with E-state index in [4.69, 9.17) is 9.84 Å². The number of urea groups is 1. The predicted octanol–water partition coefficient (Wildman–Crippen LogP) is 3.05. The lowest BCUT2D eigenvalue weighted by molar-refractivity contribution is 0.220. The molecular formula is C20H25FN2O3. The fourth-order valence-corrected chi connectivity index (χ4v) is 2.49. The highest BCUT2D eigenvalue weighted by molar-refractivity contribution is 5.74. The van der Waals surface area contributed by atoms with Crippen molar-refractivity contribution in [2.75, 3.05) is 20.3 Å². The summed E-state index contributed by atoms with van der Waals surface area (Å²) in [6.45, 7) is 2.24. The van der Waals surface area contributed by atoms with E-state index in [0.29, 0.717) is 13.0 Å². The Morgan fingerprint density at radius 3 is 2.38 bits per heavy atom. The van der Waals surface area contributed by atoms with Crippen molar-refractivity contribution in [3.8, 4) is 5.75 Å². The van der Waals surface area contributed by atoms with Crippen LogP contribution in [0.5, 0.6) is 5.75 Å². The maximum atomic E-state index is 13.1. The Bertz CT molecular complexity index is 689. The SMILES string of the molecule is COc1ccc(C(Cc2ccc(F)cc2)NC(=O)NCC(C)CO)cc1. The molecule has 2 unspecified atom stereocenters. The first-order valence-corrected chi connectivity index (χ1v) is 8.55. The number of hydrogen-bond donors (Lipinski definition) is 3. The molecule has 0 saturated carbocycles. The maximum Gasteiger partial charge on any atom is 0.315 e. The zero-order valence-electron chi connectivity index (χ0n) is 15.0. The minimum atomic E-state index is -0.312. The second-order valence-electron chi connectivity index (χ2n) is 6.30. The van der Waals surface area contributed by atoms with E-state index >= 15 is 0 Å². The van der Waals surface area contributed by atoms with E-state index in [2.05, 4.69) is 10.6 Å². The van der Waals surface area contributed by atoms with Crippen LogP contribution in [0.4, 0.5) is 9.18 Å². The average Bonchev–Trinajstić information content (AvgIpc) is 2.67. The van der Waals surface area contributed by atoms with E-state index < -0.39 is 0 Å². The maximum absolute atomic E-state index is 13.1. The molecule has 0 heterocycles. The molecule has 3 N–H and O–H groups in total. The highest BCUT2D eigenvalue weighted by Crippen LogP contribution is 2.21. The first-order chi connectivity index (χ1) is 12.5. The number of methoxy groups -OCH3 is 1. The van der Waals surface area contributed by atoms with Crippen molar-refractivity contribution in [2.45, 2.75) is 19.4 Å². The summed E-state index contributed by atoms with van der Waals surface area (Å²) in [6, 6.07) is 13.1. The molecule has 0 aromatic heterocycles. The summed E-state index contributed by atoms with van der Waals surface area (Å²) in [5.74, 6) is 0.422. The molecule has 0 fully saturated rings. The Labute approximate surface area is 153 Å². The number of ether oxygens (including phenoxy) is 1. The number of hydrogen-bond acceptors (Lipinski definition) is 3. The van der Waals surface area contributed by atoms with Crippen molar-refractivity contribution < 1.29 is 19.0 Å². The lowest BCUT2D eigenvalue weighted by Crippen LogP contribution is -2.40. The molecule has 5 nitrogen and oxygen atoms in total. The standard InChI is InChI=1S/C20H25FN2O3/c1-14(13-24)12-22-20(25)23-19(11-15-3-7-17(21)8-4-15)16-5-9-18(26-2)10-6-16/h3-10,14,19,24H,11-13H2,1-2H3,(H2,22,23,25). The molecule has 6 heteroatoms. The van der Waals surface area contributed by atoms with Crippen LogP contribution in [0.2, 0.25) is 0 Å². The third-order valence-corrected chi connectivity index (χ3v) is 4.10. The fraction of sp³-hybridized carbons (Fsp3) is 0.350. The summed E-state index contributed by atoms with van der Waals surface area (Å²) in [5, 5.41) is 14.8. The predicted molar refractivity (Wildman–Crippen MR) is 98.6 cm³/mol. The summed E-state index contributed by atoms with van der Waals surface area (Å²) < 4.78 is 18.3. The van der Waals surface area contributed by atoms with E-state index in [9.17, 15) is 9.18 Å². The van der Waals surface area contributed by atoms with Crippen LogP contribution in [0.3, 0.4) is 0 Å². The van der Waals surface area contributed by atoms with E-state index in [-0.39, 0.29) is 30.4 Å². The lowest BCUT2D eigenvalue weighted by Gasteiger charge is -2.21. The molecule has 0 aliphatic rings. The van der Waals surface area contributed by atoms with Crippen LogP contribution in [0.25, 0.3) is 0 Å². The number of aliphatic hydroxyl groups is 1. The molecule has 0 aliphatic carbocycles. The van der Waals surface area contributed by atoms with Gasteiger partial charge in [-0.15, -0.1) is 0 Å². The average molecular weight is 360 g/mol. The third kappa shape index (κ3) is 6.04. The summed E-state index contributed by atoms with van der Waals surface area (Å²) >= 11 is 0. The normalized spacial score (nSPS) is 12.9. The number of aliphatic hydroxyl groups excluding tert-OH is 1. The summed E-state index contributed by atoms with van der Waals surface area (Å²) in [6.07, 6.45) is 0.523. The highest BCUT2D eigenvalue weighted by Gasteiger charge is 2.16. The van der Waals surface area contributed by atoms with Gasteiger partial charge in [0.1, 0.15) is 11.6 Å². The van der Waals surface area contributed by atoms with Crippen LogP contribution in [0.15, 0.2) is 48.5 Å². The van der Waals surface area contributed by atoms with Gasteiger partial charge in [0.15, 0.2) is 0 Å². The first-order valence-electron chi connectivity index (χ1n) is 8.55. The largest absolute Gasteiger partial charge is 0.497 e. The second kappa shape index (κ2) is 9.77. The Morgan fingerprint density at radius 2 is 1.81 bits per heavy atom. The monoisotopic (exact) mass is 360 g/mol. The van der Waals surface area contributed by atoms with Gasteiger partial charge in [-0.1, -0.05) is 31.2 Å². The summed E-state index contributed by atoms with van der Waals surface area (Å²) in [5.41, 5.74) is 1.83. The summed E-state index contributed by atoms with van der Waals surface area (Å²) in [4.78, 5) is 12.2. The van der Waals surface area contributed by atoms with Gasteiger partial charge in [0.2, 0.25) is 0 Å². The number of carbonyl (C=O) groups excluding carboxylic acids is 1. The van der Waals surface area contributed by atoms with E-state index in [1.807, 2.05) is 31.2 Å². The molecule has 2 aromatic rings. The zero-order valence-corrected chi connectivity index (χ0v) is 15.0. The number of rotatable bonds is 8. The van der Waals surface area contributed by atoms with Gasteiger partial charge in [0, 0.05) is 13.2 Å². The number of carbonyl (C=O) groups is 1. The Hall–Kier alpha value is -2.60. The van der Waals surface area contributed by atoms with Gasteiger partial charge < -0.3 is 20.5 Å². The molecule has 2 amide bonds. The van der Waals surface area contributed by atoms with Crippen molar-refractivity contribution in [1.29, 1.82) is 0 Å². The topological polar surface area (TPSA) is 70.6 Å². The molecular weight excluding hydrogens is 335 g/mol. The molecule has 0 bridgehead atoms. The molecule has 26 heavy (non-hydrogen) atoms. The lowest BCUT2D eigenvalue weighted by atomic mass is 9.99. The first kappa shape index (κ1) is 19.7. The minimum absolute atomic E-state index is 0.0117. The molecule has 0 radical (unpaired) electrons. The number of amides is 2. The number of halogens is 1. The molecule has 2 aromatic carbocycles. The summed E-state index contributed by atoms with van der Waals surface area (Å²) in [7, 11) is 1.60. The number of benzene rings is 2. The van der Waals surface area contributed by atoms with Crippen molar-refractivity contribution in [1.82, 2.24) is 10.6 Å². The van der Waals surface area contributed by atoms with Gasteiger partial charge >= 0.3 is 6.03 Å². The van der Waals surface area contributed by atoms with Crippen molar-refractivity contribution in [3.63, 3.8) is 0 Å². The second-order valence-corrected chi connectivity index (χ2v) is 6.30. The van der Waals surface area contributed by atoms with Crippen molar-refractivity contribution in [2.24, 2.45) is 5.92 Å².